The highest BCUT2D eigenvalue weighted by Crippen LogP contribution is 2.39. The molecule has 2 fully saturated rings. The zero-order valence-corrected chi connectivity index (χ0v) is 35.0. The smallest absolute Gasteiger partial charge is 0.312 e. The summed E-state index contributed by atoms with van der Waals surface area (Å²) in [5.41, 5.74) is -2.92. The summed E-state index contributed by atoms with van der Waals surface area (Å²) in [5, 5.41) is 52.1. The molecule has 0 aromatic carbocycles. The maximum atomic E-state index is 14.1. The third-order valence-electron chi connectivity index (χ3n) is 11.2. The van der Waals surface area contributed by atoms with Crippen molar-refractivity contribution in [1.29, 1.82) is 0 Å². The van der Waals surface area contributed by atoms with Crippen molar-refractivity contribution in [3.8, 4) is 0 Å². The Labute approximate surface area is 331 Å². The minimum absolute atomic E-state index is 0.0597. The molecule has 2 saturated heterocycles. The number of aromatic nitrogens is 1. The van der Waals surface area contributed by atoms with Gasteiger partial charge in [0.15, 0.2) is 6.29 Å². The van der Waals surface area contributed by atoms with Crippen LogP contribution in [0, 0.1) is 23.7 Å². The Hall–Kier alpha value is -2.80. The number of ether oxygens (including phenoxy) is 6. The van der Waals surface area contributed by atoms with Crippen LogP contribution in [0.5, 0.6) is 0 Å². The number of aliphatic hydroxyl groups is 4. The largest absolute Gasteiger partial charge is 0.461 e. The van der Waals surface area contributed by atoms with Gasteiger partial charge in [0.2, 0.25) is 6.79 Å². The molecule has 0 spiro atoms. The van der Waals surface area contributed by atoms with Crippen molar-refractivity contribution < 1.29 is 63.3 Å². The number of likely N-dealkylation sites (N-methyl/N-ethyl adjacent to an activating group) is 1. The summed E-state index contributed by atoms with van der Waals surface area (Å²) in [7, 11) is 5.23. The number of oxime groups is 1. The van der Waals surface area contributed by atoms with Gasteiger partial charge in [-0.3, -0.25) is 14.6 Å². The van der Waals surface area contributed by atoms with Crippen molar-refractivity contribution in [2.45, 2.75) is 141 Å². The molecule has 56 heavy (non-hydrogen) atoms. The second-order valence-electron chi connectivity index (χ2n) is 16.2. The van der Waals surface area contributed by atoms with Gasteiger partial charge in [0, 0.05) is 43.3 Å². The molecule has 4 N–H and O–H groups in total. The molecule has 16 nitrogen and oxygen atoms in total. The summed E-state index contributed by atoms with van der Waals surface area (Å²) in [6.45, 7) is 13.5. The van der Waals surface area contributed by atoms with Gasteiger partial charge in [-0.25, -0.2) is 0 Å². The first kappa shape index (κ1) is 47.6. The summed E-state index contributed by atoms with van der Waals surface area (Å²) >= 11 is 0. The molecule has 10 unspecified atom stereocenters. The van der Waals surface area contributed by atoms with Crippen molar-refractivity contribution >= 4 is 17.7 Å². The number of methoxy groups -OCH3 is 1. The SMILES string of the molecule is CCC1OC(=O)C(C)C(OC(=O)Cc2cccnc2)C(C)C(O[C@@H]2O[C@H](C)C[C@H](N(C)C)[C@H]2O)C(C)(O)CC(C)C(=NOCOCCOC)C(C)C(O)C1(C)O. The molecule has 0 amide bonds. The van der Waals surface area contributed by atoms with Crippen molar-refractivity contribution in [3.63, 3.8) is 0 Å². The lowest BCUT2D eigenvalue weighted by atomic mass is 9.73. The summed E-state index contributed by atoms with van der Waals surface area (Å²) in [4.78, 5) is 39.2. The van der Waals surface area contributed by atoms with E-state index in [4.69, 9.17) is 33.3 Å². The minimum atomic E-state index is -1.98. The van der Waals surface area contributed by atoms with Crippen LogP contribution in [0.4, 0.5) is 0 Å². The molecule has 14 atom stereocenters. The molecule has 0 aliphatic carbocycles. The molecule has 3 heterocycles. The van der Waals surface area contributed by atoms with Crippen LogP contribution in [0.1, 0.15) is 80.2 Å². The molecule has 0 saturated carbocycles. The van der Waals surface area contributed by atoms with Crippen molar-refractivity contribution in [2.24, 2.45) is 28.8 Å². The van der Waals surface area contributed by atoms with Crippen LogP contribution in [0.25, 0.3) is 0 Å². The van der Waals surface area contributed by atoms with Crippen molar-refractivity contribution in [2.75, 3.05) is 41.2 Å². The van der Waals surface area contributed by atoms with Gasteiger partial charge >= 0.3 is 11.9 Å². The summed E-state index contributed by atoms with van der Waals surface area (Å²) in [5.74, 6) is -5.08. The fraction of sp³-hybridized carbons (Fsp3) is 0.800. The number of aliphatic hydroxyl groups excluding tert-OH is 2. The lowest BCUT2D eigenvalue weighted by Gasteiger charge is -2.47. The Morgan fingerprint density at radius 1 is 1.09 bits per heavy atom. The Morgan fingerprint density at radius 2 is 1.79 bits per heavy atom. The second-order valence-corrected chi connectivity index (χ2v) is 16.2. The van der Waals surface area contributed by atoms with Gasteiger partial charge in [-0.05, 0) is 72.7 Å². The molecule has 3 rings (SSSR count). The molecule has 2 aliphatic rings. The third-order valence-corrected chi connectivity index (χ3v) is 11.2. The van der Waals surface area contributed by atoms with Crippen molar-refractivity contribution in [1.82, 2.24) is 9.88 Å². The number of cyclic esters (lactones) is 1. The zero-order chi connectivity index (χ0) is 42.0. The molecule has 0 radical (unpaired) electrons. The van der Waals surface area contributed by atoms with Gasteiger partial charge in [-0.1, -0.05) is 38.9 Å². The molecule has 2 aliphatic heterocycles. The molecular weight excluding hydrogens is 730 g/mol. The lowest BCUT2D eigenvalue weighted by Crippen LogP contribution is -2.60. The van der Waals surface area contributed by atoms with Gasteiger partial charge in [-0.2, -0.15) is 0 Å². The minimum Gasteiger partial charge on any atom is -0.461 e. The lowest BCUT2D eigenvalue weighted by molar-refractivity contribution is -0.299. The number of rotatable bonds is 13. The van der Waals surface area contributed by atoms with Crippen LogP contribution in [0.3, 0.4) is 0 Å². The highest BCUT2D eigenvalue weighted by molar-refractivity contribution is 5.88. The fourth-order valence-electron chi connectivity index (χ4n) is 7.99. The van der Waals surface area contributed by atoms with Crippen molar-refractivity contribution in [3.05, 3.63) is 30.1 Å². The number of carbonyl (C=O) groups is 2. The summed E-state index contributed by atoms with van der Waals surface area (Å²) in [6.07, 6.45) is -4.33. The monoisotopic (exact) mass is 797 g/mol. The van der Waals surface area contributed by atoms with E-state index < -0.39 is 83.6 Å². The van der Waals surface area contributed by atoms with Gasteiger partial charge in [0.05, 0.1) is 55.2 Å². The molecule has 0 bridgehead atoms. The predicted octanol–water partition coefficient (Wildman–Crippen LogP) is 2.47. The first-order valence-electron chi connectivity index (χ1n) is 19.6. The second kappa shape index (κ2) is 21.3. The Bertz CT molecular complexity index is 1400. The molecule has 1 aromatic rings. The molecule has 16 heteroatoms. The van der Waals surface area contributed by atoms with E-state index in [1.165, 1.54) is 27.2 Å². The maximum absolute atomic E-state index is 14.1. The Kier molecular flexibility index (Phi) is 18.1. The van der Waals surface area contributed by atoms with Crippen LogP contribution >= 0.6 is 0 Å². The highest BCUT2D eigenvalue weighted by atomic mass is 16.7. The molecular formula is C40H67N3O13. The quantitative estimate of drug-likeness (QED) is 0.0979. The summed E-state index contributed by atoms with van der Waals surface area (Å²) in [6, 6.07) is 3.07. The normalized spacial score (nSPS) is 38.5. The number of nitrogens with zero attached hydrogens (tertiary/aromatic N) is 3. The van der Waals surface area contributed by atoms with E-state index >= 15 is 0 Å². The number of carbonyl (C=O) groups excluding carboxylic acids is 2. The van der Waals surface area contributed by atoms with Crippen LogP contribution in [-0.2, 0) is 49.3 Å². The van der Waals surface area contributed by atoms with E-state index in [1.807, 2.05) is 25.9 Å². The summed E-state index contributed by atoms with van der Waals surface area (Å²) < 4.78 is 35.3. The number of hydrogen-bond acceptors (Lipinski definition) is 16. The fourth-order valence-corrected chi connectivity index (χ4v) is 7.99. The number of esters is 2. The number of pyridine rings is 1. The predicted molar refractivity (Wildman–Crippen MR) is 205 cm³/mol. The average molecular weight is 798 g/mol. The van der Waals surface area contributed by atoms with Crippen LogP contribution in [-0.4, -0.2) is 149 Å². The van der Waals surface area contributed by atoms with E-state index in [9.17, 15) is 30.0 Å². The van der Waals surface area contributed by atoms with E-state index in [2.05, 4.69) is 10.1 Å². The number of hydrogen-bond donors (Lipinski definition) is 4. The maximum Gasteiger partial charge on any atom is 0.312 e. The van der Waals surface area contributed by atoms with E-state index in [-0.39, 0.29) is 50.5 Å². The molecule has 320 valence electrons. The van der Waals surface area contributed by atoms with Gasteiger partial charge in [0.25, 0.3) is 0 Å². The standard InChI is InChI=1S/C40H67N3O13/c1-12-30-40(8,49)35(46)25(4)32(42-52-22-51-17-16-50-11)23(2)20-39(7,48)36(56-38-33(45)29(43(9)10)18-24(3)53-38)26(5)34(27(6)37(47)54-30)55-31(44)19-28-14-13-15-41-21-28/h13-15,21,23-27,29-30,33-36,38,45-46,48-49H,12,16-20,22H2,1-11H3/t23?,24-,25?,26?,27?,29+,30?,33-,34?,35?,36?,38+,39?,40?/m1/s1. The van der Waals surface area contributed by atoms with Crippen LogP contribution < -0.4 is 0 Å². The highest BCUT2D eigenvalue weighted by Gasteiger charge is 2.52. The molecule has 1 aromatic heterocycles. The van der Waals surface area contributed by atoms with E-state index in [1.54, 1.807) is 52.9 Å². The van der Waals surface area contributed by atoms with Crippen LogP contribution in [0.15, 0.2) is 29.7 Å². The first-order chi connectivity index (χ1) is 26.3. The van der Waals surface area contributed by atoms with Gasteiger partial charge in [-0.15, -0.1) is 0 Å². The zero-order valence-electron chi connectivity index (χ0n) is 35.0. The topological polar surface area (TPSA) is 208 Å². The van der Waals surface area contributed by atoms with Crippen LogP contribution in [0.2, 0.25) is 0 Å². The van der Waals surface area contributed by atoms with E-state index in [0.717, 1.165) is 0 Å². The average Bonchev–Trinajstić information content (AvgIpc) is 3.14. The first-order valence-corrected chi connectivity index (χ1v) is 19.6. The Balaban J connectivity index is 2.18. The van der Waals surface area contributed by atoms with E-state index in [0.29, 0.717) is 18.6 Å². The Morgan fingerprint density at radius 3 is 2.39 bits per heavy atom. The third kappa shape index (κ3) is 12.4. The van der Waals surface area contributed by atoms with Gasteiger partial charge < -0.3 is 58.6 Å². The van der Waals surface area contributed by atoms with Gasteiger partial charge in [0.1, 0.15) is 23.9 Å².